The topological polar surface area (TPSA) is 96.8 Å². The Morgan fingerprint density at radius 2 is 1.86 bits per heavy atom. The van der Waals surface area contributed by atoms with E-state index in [-0.39, 0.29) is 23.8 Å². The standard InChI is InChI=1S/C20H17ClN6O2/c1-12-22-18(25-27(12)14-9-7-13(21)8-10-14)20(29)26(2)11-17-23-16-6-4-3-5-15(16)19(28)24-17/h3-10H,11H2,1-2H3,(H,23,24,28). The van der Waals surface area contributed by atoms with E-state index < -0.39 is 0 Å². The Hall–Kier alpha value is -3.52. The molecule has 0 bridgehead atoms. The summed E-state index contributed by atoms with van der Waals surface area (Å²) in [6, 6.07) is 14.1. The zero-order valence-electron chi connectivity index (χ0n) is 15.8. The van der Waals surface area contributed by atoms with Crippen LogP contribution in [-0.2, 0) is 6.54 Å². The van der Waals surface area contributed by atoms with Gasteiger partial charge in [-0.25, -0.2) is 14.6 Å². The number of nitrogens with one attached hydrogen (secondary N) is 1. The minimum absolute atomic E-state index is 0.0584. The maximum Gasteiger partial charge on any atom is 0.293 e. The maximum atomic E-state index is 12.8. The van der Waals surface area contributed by atoms with E-state index in [0.717, 1.165) is 5.69 Å². The van der Waals surface area contributed by atoms with Crippen molar-refractivity contribution < 1.29 is 4.79 Å². The summed E-state index contributed by atoms with van der Waals surface area (Å²) < 4.78 is 1.58. The number of rotatable bonds is 4. The first-order valence-corrected chi connectivity index (χ1v) is 9.23. The highest BCUT2D eigenvalue weighted by atomic mass is 35.5. The fourth-order valence-electron chi connectivity index (χ4n) is 2.98. The van der Waals surface area contributed by atoms with Crippen LogP contribution >= 0.6 is 11.6 Å². The minimum Gasteiger partial charge on any atom is -0.331 e. The van der Waals surface area contributed by atoms with Crippen molar-refractivity contribution in [3.05, 3.63) is 81.4 Å². The molecule has 0 saturated heterocycles. The SMILES string of the molecule is Cc1nc(C(=O)N(C)Cc2nc3ccccc3c(=O)[nH]2)nn1-c1ccc(Cl)cc1. The minimum atomic E-state index is -0.378. The monoisotopic (exact) mass is 408 g/mol. The molecular formula is C20H17ClN6O2. The second-order valence-electron chi connectivity index (χ2n) is 6.56. The number of para-hydroxylation sites is 1. The van der Waals surface area contributed by atoms with Crippen molar-refractivity contribution in [2.45, 2.75) is 13.5 Å². The maximum absolute atomic E-state index is 12.8. The number of benzene rings is 2. The Bertz CT molecular complexity index is 1260. The predicted molar refractivity (Wildman–Crippen MR) is 109 cm³/mol. The average molecular weight is 409 g/mol. The number of aryl methyl sites for hydroxylation is 1. The summed E-state index contributed by atoms with van der Waals surface area (Å²) in [4.78, 5) is 37.8. The third-order valence-electron chi connectivity index (χ3n) is 4.43. The van der Waals surface area contributed by atoms with Gasteiger partial charge >= 0.3 is 0 Å². The van der Waals surface area contributed by atoms with Gasteiger partial charge in [-0.2, -0.15) is 0 Å². The summed E-state index contributed by atoms with van der Waals surface area (Å²) in [6.45, 7) is 1.88. The third kappa shape index (κ3) is 3.74. The molecule has 0 aliphatic heterocycles. The zero-order chi connectivity index (χ0) is 20.5. The van der Waals surface area contributed by atoms with Crippen LogP contribution in [-0.4, -0.2) is 42.6 Å². The number of aromatic amines is 1. The molecule has 0 aliphatic rings. The summed E-state index contributed by atoms with van der Waals surface area (Å²) in [5.41, 5.74) is 1.09. The molecule has 0 unspecified atom stereocenters. The third-order valence-corrected chi connectivity index (χ3v) is 4.68. The summed E-state index contributed by atoms with van der Waals surface area (Å²) in [5, 5.41) is 5.43. The van der Waals surface area contributed by atoms with Crippen LogP contribution in [0, 0.1) is 6.92 Å². The van der Waals surface area contributed by atoms with E-state index in [4.69, 9.17) is 11.6 Å². The molecule has 1 N–H and O–H groups in total. The normalized spacial score (nSPS) is 11.0. The van der Waals surface area contributed by atoms with Gasteiger partial charge in [0.15, 0.2) is 0 Å². The van der Waals surface area contributed by atoms with E-state index in [9.17, 15) is 9.59 Å². The van der Waals surface area contributed by atoms with Crippen LogP contribution < -0.4 is 5.56 Å². The molecule has 2 aromatic heterocycles. The highest BCUT2D eigenvalue weighted by molar-refractivity contribution is 6.30. The summed E-state index contributed by atoms with van der Waals surface area (Å²) in [6.07, 6.45) is 0. The van der Waals surface area contributed by atoms with Gasteiger partial charge in [-0.15, -0.1) is 5.10 Å². The van der Waals surface area contributed by atoms with E-state index in [1.807, 2.05) is 6.07 Å². The molecule has 1 amide bonds. The van der Waals surface area contributed by atoms with Crippen molar-refractivity contribution in [2.75, 3.05) is 7.05 Å². The Morgan fingerprint density at radius 1 is 1.14 bits per heavy atom. The van der Waals surface area contributed by atoms with Crippen molar-refractivity contribution in [2.24, 2.45) is 0 Å². The molecule has 146 valence electrons. The smallest absolute Gasteiger partial charge is 0.293 e. The van der Waals surface area contributed by atoms with Crippen LogP contribution in [0.3, 0.4) is 0 Å². The van der Waals surface area contributed by atoms with Gasteiger partial charge in [0.05, 0.1) is 23.1 Å². The largest absolute Gasteiger partial charge is 0.331 e. The Morgan fingerprint density at radius 3 is 2.62 bits per heavy atom. The lowest BCUT2D eigenvalue weighted by Gasteiger charge is -2.14. The number of carbonyl (C=O) groups excluding carboxylic acids is 1. The number of hydrogen-bond acceptors (Lipinski definition) is 5. The second kappa shape index (κ2) is 7.48. The van der Waals surface area contributed by atoms with E-state index in [1.54, 1.807) is 61.1 Å². The highest BCUT2D eigenvalue weighted by Gasteiger charge is 2.20. The number of amides is 1. The van der Waals surface area contributed by atoms with Crippen LogP contribution in [0.4, 0.5) is 0 Å². The van der Waals surface area contributed by atoms with Crippen LogP contribution in [0.5, 0.6) is 0 Å². The van der Waals surface area contributed by atoms with Crippen molar-refractivity contribution >= 4 is 28.4 Å². The van der Waals surface area contributed by atoms with Gasteiger partial charge in [-0.3, -0.25) is 9.59 Å². The van der Waals surface area contributed by atoms with Gasteiger partial charge in [-0.1, -0.05) is 23.7 Å². The van der Waals surface area contributed by atoms with Crippen molar-refractivity contribution in [1.29, 1.82) is 0 Å². The predicted octanol–water partition coefficient (Wildman–Crippen LogP) is 2.74. The van der Waals surface area contributed by atoms with Gasteiger partial charge in [0.25, 0.3) is 11.5 Å². The van der Waals surface area contributed by atoms with Gasteiger partial charge < -0.3 is 9.88 Å². The van der Waals surface area contributed by atoms with Crippen LogP contribution in [0.15, 0.2) is 53.3 Å². The average Bonchev–Trinajstić information content (AvgIpc) is 3.09. The van der Waals surface area contributed by atoms with E-state index in [2.05, 4.69) is 20.1 Å². The first-order valence-electron chi connectivity index (χ1n) is 8.85. The van der Waals surface area contributed by atoms with Gasteiger partial charge in [-0.05, 0) is 43.3 Å². The van der Waals surface area contributed by atoms with Crippen LogP contribution in [0.1, 0.15) is 22.3 Å². The van der Waals surface area contributed by atoms with Crippen molar-refractivity contribution in [1.82, 2.24) is 29.6 Å². The number of nitrogens with zero attached hydrogens (tertiary/aromatic N) is 5. The molecule has 0 atom stereocenters. The van der Waals surface area contributed by atoms with Gasteiger partial charge in [0.1, 0.15) is 11.6 Å². The highest BCUT2D eigenvalue weighted by Crippen LogP contribution is 2.15. The number of carbonyl (C=O) groups is 1. The Labute approximate surface area is 170 Å². The molecule has 4 rings (SSSR count). The Balaban J connectivity index is 1.58. The first kappa shape index (κ1) is 18.8. The van der Waals surface area contributed by atoms with Gasteiger partial charge in [0, 0.05) is 12.1 Å². The molecule has 2 heterocycles. The van der Waals surface area contributed by atoms with Gasteiger partial charge in [0.2, 0.25) is 5.82 Å². The summed E-state index contributed by atoms with van der Waals surface area (Å²) in [5.74, 6) is 0.638. The second-order valence-corrected chi connectivity index (χ2v) is 7.00. The fraction of sp³-hybridized carbons (Fsp3) is 0.150. The van der Waals surface area contributed by atoms with E-state index >= 15 is 0 Å². The summed E-state index contributed by atoms with van der Waals surface area (Å²) in [7, 11) is 1.61. The van der Waals surface area contributed by atoms with E-state index in [0.29, 0.717) is 27.6 Å². The first-order chi connectivity index (χ1) is 13.9. The molecule has 9 heteroatoms. The quantitative estimate of drug-likeness (QED) is 0.560. The number of H-pyrrole nitrogens is 1. The molecular weight excluding hydrogens is 392 g/mol. The molecule has 0 radical (unpaired) electrons. The fourth-order valence-corrected chi connectivity index (χ4v) is 3.11. The number of aromatic nitrogens is 5. The molecule has 29 heavy (non-hydrogen) atoms. The van der Waals surface area contributed by atoms with Crippen molar-refractivity contribution in [3.63, 3.8) is 0 Å². The molecule has 8 nitrogen and oxygen atoms in total. The molecule has 0 spiro atoms. The van der Waals surface area contributed by atoms with Crippen LogP contribution in [0.25, 0.3) is 16.6 Å². The molecule has 0 fully saturated rings. The van der Waals surface area contributed by atoms with Crippen molar-refractivity contribution in [3.8, 4) is 5.69 Å². The molecule has 0 aliphatic carbocycles. The molecule has 2 aromatic carbocycles. The zero-order valence-corrected chi connectivity index (χ0v) is 16.5. The lowest BCUT2D eigenvalue weighted by molar-refractivity contribution is 0.0769. The molecule has 4 aromatic rings. The lowest BCUT2D eigenvalue weighted by Crippen LogP contribution is -2.29. The van der Waals surface area contributed by atoms with E-state index in [1.165, 1.54) is 4.90 Å². The number of fused-ring (bicyclic) bond motifs is 1. The Kier molecular flexibility index (Phi) is 4.85. The number of hydrogen-bond donors (Lipinski definition) is 1. The molecule has 0 saturated carbocycles. The number of halogens is 1. The lowest BCUT2D eigenvalue weighted by atomic mass is 10.2. The summed E-state index contributed by atoms with van der Waals surface area (Å²) >= 11 is 5.92. The van der Waals surface area contributed by atoms with Crippen LogP contribution in [0.2, 0.25) is 5.02 Å².